The summed E-state index contributed by atoms with van der Waals surface area (Å²) in [6.07, 6.45) is 4.17. The van der Waals surface area contributed by atoms with E-state index in [1.165, 1.54) is 41.1 Å². The van der Waals surface area contributed by atoms with Gasteiger partial charge in [-0.3, -0.25) is 9.78 Å². The lowest BCUT2D eigenvalue weighted by atomic mass is 10.3. The van der Waals surface area contributed by atoms with Crippen LogP contribution in [0.4, 0.5) is 5.69 Å². The molecule has 1 aromatic heterocycles. The summed E-state index contributed by atoms with van der Waals surface area (Å²) in [5.41, 5.74) is 0.432. The van der Waals surface area contributed by atoms with Gasteiger partial charge in [-0.05, 0) is 18.2 Å². The summed E-state index contributed by atoms with van der Waals surface area (Å²) in [4.78, 5) is 19.8. The fourth-order valence-electron chi connectivity index (χ4n) is 2.09. The lowest BCUT2D eigenvalue weighted by Crippen LogP contribution is -2.30. The standard InChI is InChI=1S/C15H17ClN4O3S/c1-3-20(4-2)24(22,23)14-9-11(5-6-12(14)16)19-15(21)13-10-17-7-8-18-13/h5-10H,3-4H2,1-2H3,(H,19,21). The molecule has 1 amide bonds. The Balaban J connectivity index is 2.34. The minimum absolute atomic E-state index is 0.0511. The number of nitrogens with one attached hydrogen (secondary N) is 1. The van der Waals surface area contributed by atoms with Crippen LogP contribution >= 0.6 is 11.6 Å². The zero-order valence-electron chi connectivity index (χ0n) is 13.2. The quantitative estimate of drug-likeness (QED) is 0.845. The van der Waals surface area contributed by atoms with Crippen LogP contribution in [0.25, 0.3) is 0 Å². The second-order valence-electron chi connectivity index (χ2n) is 4.78. The Kier molecular flexibility index (Phi) is 5.87. The van der Waals surface area contributed by atoms with Crippen molar-refractivity contribution in [2.45, 2.75) is 18.7 Å². The molecule has 0 atom stereocenters. The number of hydrogen-bond acceptors (Lipinski definition) is 5. The van der Waals surface area contributed by atoms with Crippen molar-refractivity contribution in [3.8, 4) is 0 Å². The first-order valence-corrected chi connectivity index (χ1v) is 9.09. The van der Waals surface area contributed by atoms with Crippen molar-refractivity contribution in [3.63, 3.8) is 0 Å². The molecule has 0 saturated heterocycles. The summed E-state index contributed by atoms with van der Waals surface area (Å²) in [6, 6.07) is 4.30. The summed E-state index contributed by atoms with van der Waals surface area (Å²) < 4.78 is 26.6. The Hall–Kier alpha value is -2.03. The van der Waals surface area contributed by atoms with Crippen LogP contribution in [-0.4, -0.2) is 41.7 Å². The van der Waals surface area contributed by atoms with E-state index in [9.17, 15) is 13.2 Å². The maximum atomic E-state index is 12.6. The molecule has 1 heterocycles. The van der Waals surface area contributed by atoms with E-state index >= 15 is 0 Å². The Morgan fingerprint density at radius 1 is 1.25 bits per heavy atom. The van der Waals surface area contributed by atoms with Crippen molar-refractivity contribution in [1.29, 1.82) is 0 Å². The van der Waals surface area contributed by atoms with Gasteiger partial charge < -0.3 is 5.32 Å². The molecule has 0 radical (unpaired) electrons. The summed E-state index contributed by atoms with van der Waals surface area (Å²) in [5, 5.41) is 2.69. The molecule has 1 aromatic carbocycles. The molecular weight excluding hydrogens is 352 g/mol. The number of rotatable bonds is 6. The number of sulfonamides is 1. The minimum atomic E-state index is -3.73. The van der Waals surface area contributed by atoms with E-state index in [0.29, 0.717) is 18.8 Å². The highest BCUT2D eigenvalue weighted by molar-refractivity contribution is 7.89. The molecule has 2 rings (SSSR count). The maximum Gasteiger partial charge on any atom is 0.275 e. The third-order valence-electron chi connectivity index (χ3n) is 3.31. The van der Waals surface area contributed by atoms with Crippen LogP contribution in [0, 0.1) is 0 Å². The van der Waals surface area contributed by atoms with Crippen molar-refractivity contribution < 1.29 is 13.2 Å². The van der Waals surface area contributed by atoms with Gasteiger partial charge in [0.25, 0.3) is 5.91 Å². The zero-order valence-corrected chi connectivity index (χ0v) is 14.8. The number of benzene rings is 1. The Bertz CT molecular complexity index is 824. The fraction of sp³-hybridized carbons (Fsp3) is 0.267. The third kappa shape index (κ3) is 3.89. The van der Waals surface area contributed by atoms with Gasteiger partial charge in [0.15, 0.2) is 0 Å². The Morgan fingerprint density at radius 2 is 1.96 bits per heavy atom. The van der Waals surface area contributed by atoms with Gasteiger partial charge in [0.2, 0.25) is 10.0 Å². The molecular formula is C15H17ClN4O3S. The predicted octanol–water partition coefficient (Wildman–Crippen LogP) is 2.41. The number of amides is 1. The molecule has 2 aromatic rings. The lowest BCUT2D eigenvalue weighted by Gasteiger charge is -2.19. The molecule has 24 heavy (non-hydrogen) atoms. The van der Waals surface area contributed by atoms with Gasteiger partial charge in [0.05, 0.1) is 11.2 Å². The van der Waals surface area contributed by atoms with Gasteiger partial charge in [-0.2, -0.15) is 4.31 Å². The summed E-state index contributed by atoms with van der Waals surface area (Å²) >= 11 is 6.05. The maximum absolute atomic E-state index is 12.6. The second-order valence-corrected chi connectivity index (χ2v) is 7.09. The normalized spacial score (nSPS) is 11.5. The van der Waals surface area contributed by atoms with Crippen molar-refractivity contribution in [3.05, 3.63) is 47.5 Å². The van der Waals surface area contributed by atoms with Crippen LogP contribution in [0.5, 0.6) is 0 Å². The van der Waals surface area contributed by atoms with Crippen LogP contribution in [0.3, 0.4) is 0 Å². The molecule has 0 spiro atoms. The van der Waals surface area contributed by atoms with Gasteiger partial charge in [-0.1, -0.05) is 25.4 Å². The first-order valence-electron chi connectivity index (χ1n) is 7.27. The number of carbonyl (C=O) groups is 1. The van der Waals surface area contributed by atoms with Crippen molar-refractivity contribution >= 4 is 33.2 Å². The summed E-state index contributed by atoms with van der Waals surface area (Å²) in [6.45, 7) is 4.14. The molecule has 9 heteroatoms. The summed E-state index contributed by atoms with van der Waals surface area (Å²) in [7, 11) is -3.73. The van der Waals surface area contributed by atoms with Gasteiger partial charge in [-0.25, -0.2) is 13.4 Å². The number of aromatic nitrogens is 2. The Morgan fingerprint density at radius 3 is 2.54 bits per heavy atom. The van der Waals surface area contributed by atoms with Crippen molar-refractivity contribution in [2.24, 2.45) is 0 Å². The van der Waals surface area contributed by atoms with Gasteiger partial charge >= 0.3 is 0 Å². The molecule has 1 N–H and O–H groups in total. The van der Waals surface area contributed by atoms with E-state index in [4.69, 9.17) is 11.6 Å². The molecule has 0 fully saturated rings. The van der Waals surface area contributed by atoms with E-state index < -0.39 is 15.9 Å². The lowest BCUT2D eigenvalue weighted by molar-refractivity contribution is 0.102. The third-order valence-corrected chi connectivity index (χ3v) is 5.84. The molecule has 0 saturated carbocycles. The van der Waals surface area contributed by atoms with Crippen LogP contribution in [0.2, 0.25) is 5.02 Å². The summed E-state index contributed by atoms with van der Waals surface area (Å²) in [5.74, 6) is -0.489. The van der Waals surface area contributed by atoms with Gasteiger partial charge in [-0.15, -0.1) is 0 Å². The van der Waals surface area contributed by atoms with Crippen molar-refractivity contribution in [2.75, 3.05) is 18.4 Å². The zero-order chi connectivity index (χ0) is 17.7. The largest absolute Gasteiger partial charge is 0.321 e. The van der Waals surface area contributed by atoms with Crippen molar-refractivity contribution in [1.82, 2.24) is 14.3 Å². The van der Waals surface area contributed by atoms with E-state index in [1.807, 2.05) is 0 Å². The Labute approximate surface area is 145 Å². The number of hydrogen-bond donors (Lipinski definition) is 1. The SMILES string of the molecule is CCN(CC)S(=O)(=O)c1cc(NC(=O)c2cnccn2)ccc1Cl. The first-order chi connectivity index (χ1) is 11.4. The molecule has 0 aliphatic rings. The number of halogens is 1. The monoisotopic (exact) mass is 368 g/mol. The van der Waals surface area contributed by atoms with Crippen LogP contribution < -0.4 is 5.32 Å². The fourth-order valence-corrected chi connectivity index (χ4v) is 4.05. The van der Waals surface area contributed by atoms with E-state index in [0.717, 1.165) is 0 Å². The van der Waals surface area contributed by atoms with Crippen LogP contribution in [0.15, 0.2) is 41.7 Å². The highest BCUT2D eigenvalue weighted by Gasteiger charge is 2.25. The van der Waals surface area contributed by atoms with E-state index in [-0.39, 0.29) is 15.6 Å². The van der Waals surface area contributed by atoms with Gasteiger partial charge in [0, 0.05) is 31.2 Å². The molecule has 0 aliphatic carbocycles. The highest BCUT2D eigenvalue weighted by Crippen LogP contribution is 2.27. The molecule has 0 aliphatic heterocycles. The molecule has 0 unspecified atom stereocenters. The molecule has 128 valence electrons. The van der Waals surface area contributed by atoms with E-state index in [2.05, 4.69) is 15.3 Å². The number of carbonyl (C=O) groups excluding carboxylic acids is 1. The average Bonchev–Trinajstić information content (AvgIpc) is 2.58. The van der Waals surface area contributed by atoms with Crippen LogP contribution in [-0.2, 0) is 10.0 Å². The smallest absolute Gasteiger partial charge is 0.275 e. The van der Waals surface area contributed by atoms with Gasteiger partial charge in [0.1, 0.15) is 10.6 Å². The number of nitrogens with zero attached hydrogens (tertiary/aromatic N) is 3. The topological polar surface area (TPSA) is 92.3 Å². The average molecular weight is 369 g/mol. The van der Waals surface area contributed by atoms with Crippen LogP contribution in [0.1, 0.15) is 24.3 Å². The molecule has 0 bridgehead atoms. The highest BCUT2D eigenvalue weighted by atomic mass is 35.5. The number of anilines is 1. The minimum Gasteiger partial charge on any atom is -0.321 e. The second kappa shape index (κ2) is 7.69. The predicted molar refractivity (Wildman–Crippen MR) is 91.5 cm³/mol. The first kappa shape index (κ1) is 18.3. The molecule has 7 nitrogen and oxygen atoms in total. The van der Waals surface area contributed by atoms with E-state index in [1.54, 1.807) is 13.8 Å².